The van der Waals surface area contributed by atoms with Gasteiger partial charge in [-0.25, -0.2) is 4.39 Å². The van der Waals surface area contributed by atoms with Crippen LogP contribution in [0, 0.1) is 11.2 Å². The van der Waals surface area contributed by atoms with Gasteiger partial charge in [0.2, 0.25) is 5.91 Å². The van der Waals surface area contributed by atoms with Gasteiger partial charge in [-0.05, 0) is 42.0 Å². The number of carbonyl (C=O) groups excluding carboxylic acids is 2. The molecule has 0 fully saturated rings. The Kier molecular flexibility index (Phi) is 7.76. The van der Waals surface area contributed by atoms with Crippen LogP contribution in [0.25, 0.3) is 10.1 Å². The molecule has 0 saturated carbocycles. The first kappa shape index (κ1) is 22.5. The quantitative estimate of drug-likeness (QED) is 0.463. The number of carbonyl (C=O) groups is 2. The predicted octanol–water partition coefficient (Wildman–Crippen LogP) is 6.24. The number of hydrogen-bond donors (Lipinski definition) is 0. The van der Waals surface area contributed by atoms with Crippen LogP contribution in [0.2, 0.25) is 0 Å². The van der Waals surface area contributed by atoms with Gasteiger partial charge in [-0.2, -0.15) is 0 Å². The number of ketones is 1. The summed E-state index contributed by atoms with van der Waals surface area (Å²) in [6.07, 6.45) is 4.12. The molecule has 3 nitrogen and oxygen atoms in total. The lowest BCUT2D eigenvalue weighted by atomic mass is 9.88. The largest absolute Gasteiger partial charge is 0.342 e. The molecule has 0 atom stereocenters. The summed E-state index contributed by atoms with van der Waals surface area (Å²) in [6, 6.07) is 4.57. The molecule has 1 amide bonds. The van der Waals surface area contributed by atoms with Crippen LogP contribution < -0.4 is 0 Å². The monoisotopic (exact) mass is 405 g/mol. The van der Waals surface area contributed by atoms with E-state index in [9.17, 15) is 14.0 Å². The average Bonchev–Trinajstić information content (AvgIpc) is 2.97. The molecule has 5 heteroatoms. The zero-order chi connectivity index (χ0) is 20.9. The first-order valence-electron chi connectivity index (χ1n) is 10.2. The molecule has 0 aliphatic heterocycles. The van der Waals surface area contributed by atoms with Crippen molar-refractivity contribution in [3.63, 3.8) is 0 Å². The van der Waals surface area contributed by atoms with E-state index in [0.29, 0.717) is 15.8 Å². The lowest BCUT2D eigenvalue weighted by Gasteiger charge is -2.23. The van der Waals surface area contributed by atoms with E-state index in [1.165, 1.54) is 23.5 Å². The van der Waals surface area contributed by atoms with E-state index in [1.54, 1.807) is 6.07 Å². The predicted molar refractivity (Wildman–Crippen MR) is 116 cm³/mol. The highest BCUT2D eigenvalue weighted by atomic mass is 32.1. The van der Waals surface area contributed by atoms with Crippen molar-refractivity contribution in [1.82, 2.24) is 4.90 Å². The Balaban J connectivity index is 2.43. The number of nitrogens with zero attached hydrogens (tertiary/aromatic N) is 1. The molecule has 1 aromatic carbocycles. The second-order valence-corrected chi connectivity index (χ2v) is 9.45. The fourth-order valence-corrected chi connectivity index (χ4v) is 4.49. The van der Waals surface area contributed by atoms with Gasteiger partial charge in [0, 0.05) is 23.2 Å². The maximum atomic E-state index is 13.9. The molecule has 0 N–H and O–H groups in total. The zero-order valence-electron chi connectivity index (χ0n) is 17.7. The van der Waals surface area contributed by atoms with Gasteiger partial charge in [-0.15, -0.1) is 11.3 Å². The van der Waals surface area contributed by atoms with Gasteiger partial charge in [0.1, 0.15) is 5.82 Å². The highest BCUT2D eigenvalue weighted by Crippen LogP contribution is 2.36. The van der Waals surface area contributed by atoms with Crippen molar-refractivity contribution in [1.29, 1.82) is 0 Å². The molecule has 0 aliphatic rings. The minimum atomic E-state index is -0.554. The van der Waals surface area contributed by atoms with Crippen molar-refractivity contribution < 1.29 is 14.0 Å². The summed E-state index contributed by atoms with van der Waals surface area (Å²) in [5.41, 5.74) is 0.129. The van der Waals surface area contributed by atoms with E-state index in [1.807, 2.05) is 25.7 Å². The zero-order valence-corrected chi connectivity index (χ0v) is 18.5. The van der Waals surface area contributed by atoms with Crippen LogP contribution in [0.15, 0.2) is 18.2 Å². The molecular formula is C23H32FNO2S. The summed E-state index contributed by atoms with van der Waals surface area (Å²) in [5, 5.41) is 0.692. The van der Waals surface area contributed by atoms with Crippen LogP contribution in [0.3, 0.4) is 0 Å². The second-order valence-electron chi connectivity index (χ2n) is 8.39. The minimum absolute atomic E-state index is 0.00516. The van der Waals surface area contributed by atoms with Gasteiger partial charge in [-0.1, -0.05) is 47.5 Å². The van der Waals surface area contributed by atoms with E-state index < -0.39 is 5.41 Å². The highest BCUT2D eigenvalue weighted by Gasteiger charge is 2.29. The maximum absolute atomic E-state index is 13.9. The lowest BCUT2D eigenvalue weighted by Crippen LogP contribution is -2.34. The van der Waals surface area contributed by atoms with Crippen LogP contribution in [-0.2, 0) is 11.2 Å². The number of thiophene rings is 1. The number of benzene rings is 1. The van der Waals surface area contributed by atoms with Gasteiger partial charge in [0.25, 0.3) is 0 Å². The Morgan fingerprint density at radius 3 is 2.21 bits per heavy atom. The molecule has 0 spiro atoms. The summed E-state index contributed by atoms with van der Waals surface area (Å²) in [6.45, 7) is 11.3. The van der Waals surface area contributed by atoms with E-state index in [2.05, 4.69) is 13.8 Å². The van der Waals surface area contributed by atoms with E-state index >= 15 is 0 Å². The number of unbranched alkanes of at least 4 members (excludes halogenated alkanes) is 2. The molecular weight excluding hydrogens is 373 g/mol. The Labute approximate surface area is 171 Å². The van der Waals surface area contributed by atoms with E-state index in [-0.39, 0.29) is 23.9 Å². The minimum Gasteiger partial charge on any atom is -0.342 e. The number of Topliss-reactive ketones (excluding diaryl/α,β-unsaturated/α-hetero) is 1. The van der Waals surface area contributed by atoms with Crippen molar-refractivity contribution in [3.05, 3.63) is 34.5 Å². The molecule has 0 bridgehead atoms. The number of fused-ring (bicyclic) bond motifs is 1. The van der Waals surface area contributed by atoms with Crippen molar-refractivity contribution in [2.24, 2.45) is 5.41 Å². The Hall–Kier alpha value is -1.75. The van der Waals surface area contributed by atoms with Gasteiger partial charge in [0.15, 0.2) is 5.78 Å². The Bertz CT molecular complexity index is 827. The number of rotatable bonds is 9. The SMILES string of the molecule is CCCCN(CCCC)C(=O)Cc1c(C(=O)C(C)(C)C)sc2ccc(F)cc12. The van der Waals surface area contributed by atoms with Crippen LogP contribution >= 0.6 is 11.3 Å². The molecule has 154 valence electrons. The maximum Gasteiger partial charge on any atom is 0.227 e. The third kappa shape index (κ3) is 5.40. The first-order valence-corrected chi connectivity index (χ1v) is 11.0. The summed E-state index contributed by atoms with van der Waals surface area (Å²) in [4.78, 5) is 28.6. The summed E-state index contributed by atoms with van der Waals surface area (Å²) >= 11 is 1.37. The summed E-state index contributed by atoms with van der Waals surface area (Å²) in [7, 11) is 0. The summed E-state index contributed by atoms with van der Waals surface area (Å²) in [5.74, 6) is -0.318. The number of halogens is 1. The van der Waals surface area contributed by atoms with Gasteiger partial charge in [-0.3, -0.25) is 9.59 Å². The smallest absolute Gasteiger partial charge is 0.227 e. The highest BCUT2D eigenvalue weighted by molar-refractivity contribution is 7.21. The van der Waals surface area contributed by atoms with E-state index in [0.717, 1.165) is 43.5 Å². The van der Waals surface area contributed by atoms with Crippen LogP contribution in [0.5, 0.6) is 0 Å². The third-order valence-electron chi connectivity index (χ3n) is 4.88. The second kappa shape index (κ2) is 9.64. The Morgan fingerprint density at radius 1 is 1.07 bits per heavy atom. The molecule has 2 rings (SSSR count). The van der Waals surface area contributed by atoms with Gasteiger partial charge in [0.05, 0.1) is 11.3 Å². The van der Waals surface area contributed by atoms with E-state index in [4.69, 9.17) is 0 Å². The van der Waals surface area contributed by atoms with Gasteiger partial charge < -0.3 is 4.90 Å². The molecule has 0 saturated heterocycles. The standard InChI is InChI=1S/C23H32FNO2S/c1-6-8-12-25(13-9-7-2)20(26)15-18-17-14-16(24)10-11-19(17)28-21(18)22(27)23(3,4)5/h10-11,14H,6-9,12-13,15H2,1-5H3. The fourth-order valence-electron chi connectivity index (χ4n) is 3.14. The third-order valence-corrected chi connectivity index (χ3v) is 6.10. The Morgan fingerprint density at radius 2 is 1.68 bits per heavy atom. The van der Waals surface area contributed by atoms with Crippen molar-refractivity contribution in [2.75, 3.05) is 13.1 Å². The lowest BCUT2D eigenvalue weighted by molar-refractivity contribution is -0.130. The van der Waals surface area contributed by atoms with Crippen LogP contribution in [0.1, 0.15) is 75.5 Å². The molecule has 0 aliphatic carbocycles. The van der Waals surface area contributed by atoms with Crippen molar-refractivity contribution in [2.45, 2.75) is 66.7 Å². The molecule has 1 heterocycles. The average molecular weight is 406 g/mol. The molecule has 0 radical (unpaired) electrons. The number of hydrogen-bond acceptors (Lipinski definition) is 3. The topological polar surface area (TPSA) is 37.4 Å². The van der Waals surface area contributed by atoms with Crippen LogP contribution in [0.4, 0.5) is 4.39 Å². The molecule has 0 unspecified atom stereocenters. The van der Waals surface area contributed by atoms with Crippen molar-refractivity contribution >= 4 is 33.1 Å². The summed E-state index contributed by atoms with van der Waals surface area (Å²) < 4.78 is 14.8. The van der Waals surface area contributed by atoms with Crippen LogP contribution in [-0.4, -0.2) is 29.7 Å². The van der Waals surface area contributed by atoms with Gasteiger partial charge >= 0.3 is 0 Å². The first-order chi connectivity index (χ1) is 13.2. The fraction of sp³-hybridized carbons (Fsp3) is 0.565. The van der Waals surface area contributed by atoms with Crippen molar-refractivity contribution in [3.8, 4) is 0 Å². The molecule has 2 aromatic rings. The molecule has 1 aromatic heterocycles. The molecule has 28 heavy (non-hydrogen) atoms. The number of amides is 1. The normalized spacial score (nSPS) is 11.8.